The summed E-state index contributed by atoms with van der Waals surface area (Å²) >= 11 is 3.34. The zero-order valence-electron chi connectivity index (χ0n) is 22.0. The second-order valence-electron chi connectivity index (χ2n) is 11.3. The zero-order chi connectivity index (χ0) is 25.4. The molecule has 38 heavy (non-hydrogen) atoms. The molecular weight excluding hydrogens is 608 g/mol. The molecule has 6 nitrogen and oxygen atoms in total. The molecule has 8 heteroatoms. The average Bonchev–Trinajstić information content (AvgIpc) is 3.70. The van der Waals surface area contributed by atoms with Gasteiger partial charge in [0.05, 0.1) is 25.6 Å². The van der Waals surface area contributed by atoms with Crippen LogP contribution in [-0.4, -0.2) is 31.8 Å². The van der Waals surface area contributed by atoms with Gasteiger partial charge in [0.25, 0.3) is 0 Å². The summed E-state index contributed by atoms with van der Waals surface area (Å²) in [7, 11) is 3.97. The molecule has 0 aromatic carbocycles. The van der Waals surface area contributed by atoms with E-state index in [1.807, 2.05) is 35.6 Å². The lowest BCUT2D eigenvalue weighted by Gasteiger charge is -2.25. The van der Waals surface area contributed by atoms with E-state index in [2.05, 4.69) is 86.6 Å². The van der Waals surface area contributed by atoms with Gasteiger partial charge in [-0.05, 0) is 48.3 Å². The van der Waals surface area contributed by atoms with E-state index in [-0.39, 0.29) is 17.0 Å². The van der Waals surface area contributed by atoms with Crippen LogP contribution in [0, 0.1) is 47.3 Å². The molecular formula is C30H38Br2N4O2. The first-order chi connectivity index (χ1) is 18.1. The summed E-state index contributed by atoms with van der Waals surface area (Å²) in [5, 5.41) is 0. The number of nitrogens with zero attached hydrogens (tertiary/aromatic N) is 4. The van der Waals surface area contributed by atoms with Gasteiger partial charge in [0, 0.05) is 31.3 Å². The Morgan fingerprint density at radius 3 is 1.92 bits per heavy atom. The van der Waals surface area contributed by atoms with Crippen molar-refractivity contribution in [3.05, 3.63) is 86.1 Å². The van der Waals surface area contributed by atoms with Crippen LogP contribution in [0.15, 0.2) is 86.1 Å². The van der Waals surface area contributed by atoms with Gasteiger partial charge in [-0.3, -0.25) is 0 Å². The highest BCUT2D eigenvalue weighted by atomic mass is 79.9. The van der Waals surface area contributed by atoms with E-state index in [1.165, 1.54) is 12.8 Å². The third-order valence-electron chi connectivity index (χ3n) is 9.10. The Hall–Kier alpha value is -1.74. The summed E-state index contributed by atoms with van der Waals surface area (Å²) in [5.74, 6) is 6.10. The Balaban J connectivity index is 0.000000129. The Morgan fingerprint density at radius 1 is 0.842 bits per heavy atom. The van der Waals surface area contributed by atoms with E-state index in [9.17, 15) is 0 Å². The number of hydrogen-bond donors (Lipinski definition) is 0. The Labute approximate surface area is 245 Å². The van der Waals surface area contributed by atoms with Crippen molar-refractivity contribution in [1.82, 2.24) is 14.1 Å². The maximum absolute atomic E-state index is 6.10. The van der Waals surface area contributed by atoms with Crippen LogP contribution in [0.5, 0.6) is 0 Å². The van der Waals surface area contributed by atoms with Crippen molar-refractivity contribution >= 4 is 15.9 Å². The molecule has 8 rings (SSSR count). The van der Waals surface area contributed by atoms with Gasteiger partial charge in [-0.2, -0.15) is 0 Å². The first-order valence-electron chi connectivity index (χ1n) is 13.6. The van der Waals surface area contributed by atoms with E-state index in [0.717, 1.165) is 41.4 Å². The van der Waals surface area contributed by atoms with Crippen LogP contribution >= 0.6 is 15.9 Å². The molecule has 0 aliphatic heterocycles. The molecule has 204 valence electrons. The Kier molecular flexibility index (Phi) is 8.92. The number of aryl methyl sites for hydroxylation is 2. The zero-order valence-corrected chi connectivity index (χ0v) is 25.2. The van der Waals surface area contributed by atoms with Crippen LogP contribution in [0.2, 0.25) is 0 Å². The molecule has 0 saturated heterocycles. The highest BCUT2D eigenvalue weighted by Crippen LogP contribution is 2.54. The van der Waals surface area contributed by atoms with Crippen molar-refractivity contribution < 1.29 is 31.0 Å². The molecule has 10 atom stereocenters. The SMILES string of the molecule is BrCO[C@@H]1C=CC2C3C=CC(C3)C21.C[n+]1ccn(CO[C@@H]2C=CC3C4C=CC(C4)C32)c1.Cn1ccnc1.[Br-]. The number of hydrogen-bond acceptors (Lipinski definition) is 3. The minimum atomic E-state index is 0. The fraction of sp³-hybridized carbons (Fsp3) is 0.533. The van der Waals surface area contributed by atoms with Gasteiger partial charge < -0.3 is 31.0 Å². The van der Waals surface area contributed by atoms with Crippen molar-refractivity contribution in [2.24, 2.45) is 61.4 Å². The summed E-state index contributed by atoms with van der Waals surface area (Å²) in [6.45, 7) is 0.653. The van der Waals surface area contributed by atoms with Gasteiger partial charge in [0.15, 0.2) is 6.73 Å². The third kappa shape index (κ3) is 5.60. The number of aromatic nitrogens is 4. The predicted octanol–water partition coefficient (Wildman–Crippen LogP) is 1.82. The maximum Gasteiger partial charge on any atom is 0.245 e. The Morgan fingerprint density at radius 2 is 1.45 bits per heavy atom. The number of ether oxygens (including phenoxy) is 2. The van der Waals surface area contributed by atoms with Crippen molar-refractivity contribution in [1.29, 1.82) is 0 Å². The van der Waals surface area contributed by atoms with E-state index in [4.69, 9.17) is 9.47 Å². The molecule has 0 N–H and O–H groups in total. The van der Waals surface area contributed by atoms with Crippen molar-refractivity contribution in [2.75, 3.05) is 5.52 Å². The van der Waals surface area contributed by atoms with Crippen LogP contribution in [0.3, 0.4) is 0 Å². The van der Waals surface area contributed by atoms with Crippen LogP contribution in [-0.2, 0) is 30.3 Å². The largest absolute Gasteiger partial charge is 1.00 e. The minimum absolute atomic E-state index is 0. The molecule has 2 aromatic rings. The van der Waals surface area contributed by atoms with Gasteiger partial charge in [0.2, 0.25) is 6.33 Å². The molecule has 2 saturated carbocycles. The number of rotatable bonds is 5. The molecule has 2 fully saturated rings. The number of imidazole rings is 2. The van der Waals surface area contributed by atoms with Crippen LogP contribution in [0.25, 0.3) is 0 Å². The van der Waals surface area contributed by atoms with Gasteiger partial charge in [-0.25, -0.2) is 14.1 Å². The van der Waals surface area contributed by atoms with Gasteiger partial charge in [0.1, 0.15) is 17.9 Å². The third-order valence-corrected chi connectivity index (χ3v) is 9.37. The van der Waals surface area contributed by atoms with Crippen molar-refractivity contribution in [2.45, 2.75) is 31.8 Å². The molecule has 4 bridgehead atoms. The highest BCUT2D eigenvalue weighted by Gasteiger charge is 2.50. The van der Waals surface area contributed by atoms with Crippen LogP contribution in [0.1, 0.15) is 12.8 Å². The van der Waals surface area contributed by atoms with E-state index < -0.39 is 0 Å². The van der Waals surface area contributed by atoms with Crippen LogP contribution < -0.4 is 21.5 Å². The van der Waals surface area contributed by atoms with E-state index in [1.54, 1.807) is 12.5 Å². The summed E-state index contributed by atoms with van der Waals surface area (Å²) in [5.41, 5.74) is 0.659. The fourth-order valence-corrected chi connectivity index (χ4v) is 7.78. The molecule has 8 unspecified atom stereocenters. The molecule has 6 aliphatic rings. The first kappa shape index (κ1) is 27.8. The number of halogens is 2. The lowest BCUT2D eigenvalue weighted by molar-refractivity contribution is -0.671. The summed E-state index contributed by atoms with van der Waals surface area (Å²) in [6.07, 6.45) is 33.8. The molecule has 2 aromatic heterocycles. The number of allylic oxidation sites excluding steroid dienone is 6. The second kappa shape index (κ2) is 12.2. The average molecular weight is 646 g/mol. The minimum Gasteiger partial charge on any atom is -1.00 e. The van der Waals surface area contributed by atoms with Crippen molar-refractivity contribution in [3.8, 4) is 0 Å². The second-order valence-corrected chi connectivity index (χ2v) is 11.8. The molecule has 0 amide bonds. The van der Waals surface area contributed by atoms with Crippen LogP contribution in [0.4, 0.5) is 0 Å². The fourth-order valence-electron chi connectivity index (χ4n) is 7.48. The summed E-state index contributed by atoms with van der Waals surface area (Å²) < 4.78 is 17.8. The molecule has 6 aliphatic carbocycles. The highest BCUT2D eigenvalue weighted by molar-refractivity contribution is 9.09. The van der Waals surface area contributed by atoms with Gasteiger partial charge >= 0.3 is 0 Å². The summed E-state index contributed by atoms with van der Waals surface area (Å²) in [4.78, 5) is 3.78. The quantitative estimate of drug-likeness (QED) is 0.283. The lowest BCUT2D eigenvalue weighted by Crippen LogP contribution is -3.00. The van der Waals surface area contributed by atoms with Gasteiger partial charge in [-0.15, -0.1) is 0 Å². The molecule has 0 radical (unpaired) electrons. The normalized spacial score (nSPS) is 37.4. The number of fused-ring (bicyclic) bond motifs is 10. The summed E-state index contributed by atoms with van der Waals surface area (Å²) in [6, 6.07) is 0. The monoisotopic (exact) mass is 644 g/mol. The smallest absolute Gasteiger partial charge is 0.245 e. The topological polar surface area (TPSA) is 45.1 Å². The Bertz CT molecular complexity index is 1170. The number of alkyl halides is 1. The van der Waals surface area contributed by atoms with Crippen molar-refractivity contribution in [3.63, 3.8) is 0 Å². The first-order valence-corrected chi connectivity index (χ1v) is 14.7. The predicted molar refractivity (Wildman–Crippen MR) is 146 cm³/mol. The van der Waals surface area contributed by atoms with E-state index in [0.29, 0.717) is 30.4 Å². The molecule has 2 heterocycles. The standard InChI is InChI=1S/C15H19N2O.C11H13BrO.C4H6N2.BrH/c1-16-6-7-17(9-16)10-18-14-5-4-13-11-2-3-12(8-11)15(13)14;12-6-13-10-4-3-9-7-1-2-8(5-7)11(9)10;1-6-3-2-5-4-6;/h2-7,9,11-15H,8,10H2,1H3;1-4,7-11H,5-6H2;2-4H,1H3;1H/q+1;;;/p-1/t11?,12?,13?,14-,15?;7?,8?,9?,10-,11?;;/m11../s1. The van der Waals surface area contributed by atoms with Gasteiger partial charge in [-0.1, -0.05) is 64.5 Å². The van der Waals surface area contributed by atoms with E-state index >= 15 is 0 Å². The lowest BCUT2D eigenvalue weighted by atomic mass is 9.84. The molecule has 0 spiro atoms. The maximum atomic E-state index is 6.10.